The first-order valence-electron chi connectivity index (χ1n) is 5.29. The van der Waals surface area contributed by atoms with E-state index in [0.717, 1.165) is 27.7 Å². The number of nitrogens with zero attached hydrogens (tertiary/aromatic N) is 2. The molecule has 83 valence electrons. The minimum Gasteiger partial charge on any atom is -0.344 e. The molecular formula is C13H10N3S. The van der Waals surface area contributed by atoms with E-state index in [0.29, 0.717) is 0 Å². The number of benzene rings is 1. The Bertz CT molecular complexity index is 625. The first kappa shape index (κ1) is 10.2. The molecular weight excluding hydrogens is 230 g/mol. The van der Waals surface area contributed by atoms with E-state index >= 15 is 0 Å². The van der Waals surface area contributed by atoms with Crippen LogP contribution in [0.2, 0.25) is 0 Å². The van der Waals surface area contributed by atoms with Crippen molar-refractivity contribution in [1.82, 2.24) is 15.0 Å². The zero-order valence-electron chi connectivity index (χ0n) is 9.27. The largest absolute Gasteiger partial charge is 0.344 e. The summed E-state index contributed by atoms with van der Waals surface area (Å²) in [6, 6.07) is 10.1. The van der Waals surface area contributed by atoms with Crippen LogP contribution in [0.1, 0.15) is 5.69 Å². The van der Waals surface area contributed by atoms with Crippen molar-refractivity contribution in [3.8, 4) is 22.0 Å². The van der Waals surface area contributed by atoms with Crippen molar-refractivity contribution in [1.29, 1.82) is 0 Å². The Hall–Kier alpha value is -1.94. The summed E-state index contributed by atoms with van der Waals surface area (Å²) in [6.07, 6.45) is 1.89. The molecule has 0 spiro atoms. The fourth-order valence-corrected chi connectivity index (χ4v) is 2.39. The number of H-pyrrole nitrogens is 1. The van der Waals surface area contributed by atoms with Gasteiger partial charge in [0, 0.05) is 11.8 Å². The molecule has 2 aromatic heterocycles. The maximum Gasteiger partial charge on any atom is 0.153 e. The summed E-state index contributed by atoms with van der Waals surface area (Å²) in [7, 11) is 0. The second kappa shape index (κ2) is 4.14. The third-order valence-corrected chi connectivity index (χ3v) is 3.26. The highest BCUT2D eigenvalue weighted by molar-refractivity contribution is 7.13. The molecule has 0 unspecified atom stereocenters. The molecule has 0 aliphatic heterocycles. The highest BCUT2D eigenvalue weighted by atomic mass is 32.1. The summed E-state index contributed by atoms with van der Waals surface area (Å²) in [5.74, 6) is 0.861. The molecule has 0 aliphatic rings. The Morgan fingerprint density at radius 1 is 1.24 bits per heavy atom. The first-order valence-corrected chi connectivity index (χ1v) is 6.11. The van der Waals surface area contributed by atoms with Crippen molar-refractivity contribution < 1.29 is 0 Å². The van der Waals surface area contributed by atoms with Crippen LogP contribution in [0.5, 0.6) is 0 Å². The minimum atomic E-state index is 0.861. The lowest BCUT2D eigenvalue weighted by atomic mass is 10.1. The molecule has 3 nitrogen and oxygen atoms in total. The minimum absolute atomic E-state index is 0.861. The number of nitrogens with one attached hydrogen (secondary N) is 1. The van der Waals surface area contributed by atoms with Gasteiger partial charge in [0.15, 0.2) is 5.51 Å². The monoisotopic (exact) mass is 240 g/mol. The molecule has 17 heavy (non-hydrogen) atoms. The summed E-state index contributed by atoms with van der Waals surface area (Å²) < 4.78 is 0. The van der Waals surface area contributed by atoms with Crippen LogP contribution in [-0.2, 0) is 0 Å². The molecule has 0 saturated heterocycles. The van der Waals surface area contributed by atoms with E-state index < -0.39 is 0 Å². The fourth-order valence-electron chi connectivity index (χ4n) is 1.70. The highest BCUT2D eigenvalue weighted by Gasteiger charge is 2.13. The van der Waals surface area contributed by atoms with Gasteiger partial charge in [0.1, 0.15) is 5.82 Å². The predicted octanol–water partition coefficient (Wildman–Crippen LogP) is 3.31. The molecule has 1 aromatic carbocycles. The van der Waals surface area contributed by atoms with Crippen LogP contribution in [0, 0.1) is 12.4 Å². The fraction of sp³-hybridized carbons (Fsp3) is 0.0769. The van der Waals surface area contributed by atoms with Crippen LogP contribution in [0.4, 0.5) is 0 Å². The maximum absolute atomic E-state index is 4.43. The first-order chi connectivity index (χ1) is 8.34. The second-order valence-electron chi connectivity index (χ2n) is 3.74. The number of hydrogen-bond acceptors (Lipinski definition) is 3. The number of imidazole rings is 1. The number of aryl methyl sites for hydroxylation is 1. The van der Waals surface area contributed by atoms with E-state index in [1.807, 2.05) is 43.5 Å². The SMILES string of the molecule is Cc1c[nH]c(-c2s[c]nc2-c2ccccc2)n1. The molecule has 1 N–H and O–H groups in total. The van der Waals surface area contributed by atoms with Crippen molar-refractivity contribution in [3.05, 3.63) is 47.7 Å². The van der Waals surface area contributed by atoms with Crippen LogP contribution in [0.3, 0.4) is 0 Å². The predicted molar refractivity (Wildman–Crippen MR) is 68.7 cm³/mol. The average molecular weight is 240 g/mol. The van der Waals surface area contributed by atoms with Crippen LogP contribution in [0.15, 0.2) is 36.5 Å². The van der Waals surface area contributed by atoms with Crippen molar-refractivity contribution in [3.63, 3.8) is 0 Å². The molecule has 0 fully saturated rings. The summed E-state index contributed by atoms with van der Waals surface area (Å²) >= 11 is 1.48. The van der Waals surface area contributed by atoms with Crippen molar-refractivity contribution in [2.45, 2.75) is 6.92 Å². The molecule has 2 heterocycles. The van der Waals surface area contributed by atoms with Gasteiger partial charge in [-0.2, -0.15) is 0 Å². The smallest absolute Gasteiger partial charge is 0.153 e. The van der Waals surface area contributed by atoms with E-state index in [4.69, 9.17) is 0 Å². The molecule has 0 atom stereocenters. The van der Waals surface area contributed by atoms with Gasteiger partial charge in [0.25, 0.3) is 0 Å². The molecule has 1 radical (unpaired) electrons. The van der Waals surface area contributed by atoms with Gasteiger partial charge in [0.05, 0.1) is 16.3 Å². The Morgan fingerprint density at radius 3 is 2.76 bits per heavy atom. The number of aromatic nitrogens is 3. The van der Waals surface area contributed by atoms with Gasteiger partial charge in [0.2, 0.25) is 0 Å². The second-order valence-corrected chi connectivity index (χ2v) is 4.53. The number of rotatable bonds is 2. The summed E-state index contributed by atoms with van der Waals surface area (Å²) in [6.45, 7) is 1.97. The standard InChI is InChI=1S/C13H10N3S/c1-9-7-14-13(16-9)12-11(15-8-17-12)10-5-3-2-4-6-10/h2-7H,1H3,(H,14,16). The van der Waals surface area contributed by atoms with Gasteiger partial charge in [-0.1, -0.05) is 30.3 Å². The van der Waals surface area contributed by atoms with Gasteiger partial charge in [-0.05, 0) is 6.92 Å². The lowest BCUT2D eigenvalue weighted by Crippen LogP contribution is -1.83. The van der Waals surface area contributed by atoms with E-state index in [1.54, 1.807) is 0 Å². The molecule has 0 aliphatic carbocycles. The van der Waals surface area contributed by atoms with E-state index in [-0.39, 0.29) is 0 Å². The van der Waals surface area contributed by atoms with Gasteiger partial charge >= 0.3 is 0 Å². The Morgan fingerprint density at radius 2 is 2.06 bits per heavy atom. The molecule has 4 heteroatoms. The number of thiazole rings is 1. The van der Waals surface area contributed by atoms with Gasteiger partial charge in [-0.15, -0.1) is 11.3 Å². The normalized spacial score (nSPS) is 10.6. The molecule has 0 bridgehead atoms. The average Bonchev–Trinajstić information content (AvgIpc) is 2.98. The summed E-state index contributed by atoms with van der Waals surface area (Å²) in [5.41, 5.74) is 5.94. The van der Waals surface area contributed by atoms with Crippen molar-refractivity contribution in [2.24, 2.45) is 0 Å². The molecule has 0 amide bonds. The number of aromatic amines is 1. The van der Waals surface area contributed by atoms with Gasteiger partial charge < -0.3 is 4.98 Å². The summed E-state index contributed by atoms with van der Waals surface area (Å²) in [4.78, 5) is 12.9. The Kier molecular flexibility index (Phi) is 2.49. The van der Waals surface area contributed by atoms with Crippen molar-refractivity contribution in [2.75, 3.05) is 0 Å². The third-order valence-electron chi connectivity index (χ3n) is 2.49. The molecule has 0 saturated carbocycles. The Balaban J connectivity index is 2.12. The molecule has 3 rings (SSSR count). The lowest BCUT2D eigenvalue weighted by Gasteiger charge is -1.99. The molecule has 3 aromatic rings. The zero-order chi connectivity index (χ0) is 11.7. The number of hydrogen-bond donors (Lipinski definition) is 1. The summed E-state index contributed by atoms with van der Waals surface area (Å²) in [5, 5.41) is 0. The van der Waals surface area contributed by atoms with Crippen LogP contribution in [0.25, 0.3) is 22.0 Å². The highest BCUT2D eigenvalue weighted by Crippen LogP contribution is 2.32. The quantitative estimate of drug-likeness (QED) is 0.746. The third kappa shape index (κ3) is 1.87. The topological polar surface area (TPSA) is 41.6 Å². The van der Waals surface area contributed by atoms with E-state index in [2.05, 4.69) is 20.5 Å². The maximum atomic E-state index is 4.43. The van der Waals surface area contributed by atoms with Gasteiger partial charge in [-0.25, -0.2) is 9.97 Å². The van der Waals surface area contributed by atoms with E-state index in [9.17, 15) is 0 Å². The van der Waals surface area contributed by atoms with Crippen LogP contribution in [-0.4, -0.2) is 15.0 Å². The van der Waals surface area contributed by atoms with Crippen LogP contribution >= 0.6 is 11.3 Å². The zero-order valence-corrected chi connectivity index (χ0v) is 10.1. The Labute approximate surface area is 103 Å². The van der Waals surface area contributed by atoms with Crippen LogP contribution < -0.4 is 0 Å². The van der Waals surface area contributed by atoms with Crippen molar-refractivity contribution >= 4 is 11.3 Å². The van der Waals surface area contributed by atoms with Gasteiger partial charge in [-0.3, -0.25) is 0 Å². The lowest BCUT2D eigenvalue weighted by molar-refractivity contribution is 1.26. The van der Waals surface area contributed by atoms with E-state index in [1.165, 1.54) is 11.3 Å².